The number of ether oxygens (including phenoxy) is 1. The van der Waals surface area contributed by atoms with E-state index in [1.807, 2.05) is 0 Å². The van der Waals surface area contributed by atoms with E-state index in [1.165, 1.54) is 12.1 Å². The molecule has 0 aliphatic rings. The number of benzene rings is 1. The second kappa shape index (κ2) is 5.73. The third-order valence-electron chi connectivity index (χ3n) is 2.43. The molecule has 0 atom stereocenters. The Morgan fingerprint density at radius 1 is 1.40 bits per heavy atom. The van der Waals surface area contributed by atoms with Crippen LogP contribution in [0.4, 0.5) is 10.2 Å². The van der Waals surface area contributed by atoms with Crippen LogP contribution in [0.1, 0.15) is 30.0 Å². The van der Waals surface area contributed by atoms with E-state index in [4.69, 9.17) is 9.26 Å². The summed E-state index contributed by atoms with van der Waals surface area (Å²) < 4.78 is 23.9. The minimum absolute atomic E-state index is 0.119. The van der Waals surface area contributed by atoms with Gasteiger partial charge in [-0.3, -0.25) is 4.79 Å². The third-order valence-corrected chi connectivity index (χ3v) is 2.43. The Labute approximate surface area is 115 Å². The van der Waals surface area contributed by atoms with Crippen molar-refractivity contribution in [2.75, 3.05) is 5.32 Å². The average molecular weight is 278 g/mol. The van der Waals surface area contributed by atoms with E-state index in [0.717, 1.165) is 6.07 Å². The van der Waals surface area contributed by atoms with E-state index < -0.39 is 11.7 Å². The summed E-state index contributed by atoms with van der Waals surface area (Å²) in [4.78, 5) is 11.9. The Morgan fingerprint density at radius 3 is 2.70 bits per heavy atom. The summed E-state index contributed by atoms with van der Waals surface area (Å²) in [5, 5.41) is 6.15. The maximum absolute atomic E-state index is 13.8. The molecule has 0 aliphatic heterocycles. The van der Waals surface area contributed by atoms with Crippen molar-refractivity contribution in [1.29, 1.82) is 0 Å². The molecule has 106 valence electrons. The monoisotopic (exact) mass is 278 g/mol. The molecular weight excluding hydrogens is 263 g/mol. The van der Waals surface area contributed by atoms with Gasteiger partial charge < -0.3 is 14.6 Å². The SMILES string of the molecule is Cc1cc(NC(=O)c2ccc(OC(C)C)c(F)c2)no1. The highest BCUT2D eigenvalue weighted by Gasteiger charge is 2.13. The minimum Gasteiger partial charge on any atom is -0.488 e. The van der Waals surface area contributed by atoms with Crippen molar-refractivity contribution in [3.63, 3.8) is 0 Å². The van der Waals surface area contributed by atoms with E-state index in [-0.39, 0.29) is 23.2 Å². The molecule has 0 unspecified atom stereocenters. The normalized spacial score (nSPS) is 10.7. The van der Waals surface area contributed by atoms with Gasteiger partial charge in [-0.15, -0.1) is 0 Å². The average Bonchev–Trinajstić information content (AvgIpc) is 2.76. The standard InChI is InChI=1S/C14H15FN2O3/c1-8(2)19-12-5-4-10(7-11(12)15)14(18)16-13-6-9(3)20-17-13/h4-8H,1-3H3,(H,16,17,18). The molecular formula is C14H15FN2O3. The molecule has 1 N–H and O–H groups in total. The number of hydrogen-bond acceptors (Lipinski definition) is 4. The molecule has 1 amide bonds. The van der Waals surface area contributed by atoms with Gasteiger partial charge in [0.05, 0.1) is 6.10 Å². The third kappa shape index (κ3) is 3.34. The van der Waals surface area contributed by atoms with Crippen molar-refractivity contribution in [3.8, 4) is 5.75 Å². The van der Waals surface area contributed by atoms with Crippen molar-refractivity contribution in [1.82, 2.24) is 5.16 Å². The molecule has 1 heterocycles. The van der Waals surface area contributed by atoms with Gasteiger partial charge in [-0.2, -0.15) is 0 Å². The molecule has 0 fully saturated rings. The van der Waals surface area contributed by atoms with Crippen LogP contribution < -0.4 is 10.1 Å². The fraction of sp³-hybridized carbons (Fsp3) is 0.286. The van der Waals surface area contributed by atoms with Gasteiger partial charge in [-0.1, -0.05) is 5.16 Å². The maximum Gasteiger partial charge on any atom is 0.257 e. The van der Waals surface area contributed by atoms with Crippen LogP contribution in [0.3, 0.4) is 0 Å². The summed E-state index contributed by atoms with van der Waals surface area (Å²) in [6.07, 6.45) is -0.137. The van der Waals surface area contributed by atoms with Gasteiger partial charge in [0, 0.05) is 11.6 Å². The Balaban J connectivity index is 2.12. The fourth-order valence-corrected chi connectivity index (χ4v) is 1.61. The predicted octanol–water partition coefficient (Wildman–Crippen LogP) is 3.16. The summed E-state index contributed by atoms with van der Waals surface area (Å²) in [6, 6.07) is 5.62. The van der Waals surface area contributed by atoms with Crippen LogP contribution >= 0.6 is 0 Å². The molecule has 1 aromatic heterocycles. The number of amides is 1. The van der Waals surface area contributed by atoms with Gasteiger partial charge in [0.1, 0.15) is 5.76 Å². The molecule has 2 rings (SSSR count). The predicted molar refractivity (Wildman–Crippen MR) is 71.4 cm³/mol. The maximum atomic E-state index is 13.8. The Hall–Kier alpha value is -2.37. The number of anilines is 1. The number of nitrogens with one attached hydrogen (secondary N) is 1. The van der Waals surface area contributed by atoms with Gasteiger partial charge in [0.2, 0.25) is 0 Å². The lowest BCUT2D eigenvalue weighted by molar-refractivity contribution is 0.102. The number of nitrogens with zero attached hydrogens (tertiary/aromatic N) is 1. The molecule has 0 bridgehead atoms. The molecule has 0 saturated carbocycles. The number of rotatable bonds is 4. The molecule has 1 aromatic carbocycles. The first-order valence-electron chi connectivity index (χ1n) is 6.16. The Kier molecular flexibility index (Phi) is 4.02. The van der Waals surface area contributed by atoms with Crippen molar-refractivity contribution in [2.45, 2.75) is 26.9 Å². The number of carbonyl (C=O) groups excluding carboxylic acids is 1. The number of hydrogen-bond donors (Lipinski definition) is 1. The molecule has 0 spiro atoms. The van der Waals surface area contributed by atoms with E-state index in [9.17, 15) is 9.18 Å². The first kappa shape index (κ1) is 14.0. The van der Waals surface area contributed by atoms with Crippen molar-refractivity contribution >= 4 is 11.7 Å². The summed E-state index contributed by atoms with van der Waals surface area (Å²) in [5.74, 6) is -0.0626. The second-order valence-corrected chi connectivity index (χ2v) is 4.59. The molecule has 6 heteroatoms. The Bertz CT molecular complexity index is 623. The highest BCUT2D eigenvalue weighted by atomic mass is 19.1. The van der Waals surface area contributed by atoms with E-state index in [2.05, 4.69) is 10.5 Å². The zero-order valence-corrected chi connectivity index (χ0v) is 11.4. The first-order valence-corrected chi connectivity index (χ1v) is 6.16. The number of aryl methyl sites for hydroxylation is 1. The van der Waals surface area contributed by atoms with Gasteiger partial charge in [0.25, 0.3) is 5.91 Å². The summed E-state index contributed by atoms with van der Waals surface area (Å²) in [5.41, 5.74) is 0.180. The van der Waals surface area contributed by atoms with Gasteiger partial charge in [-0.25, -0.2) is 4.39 Å². The highest BCUT2D eigenvalue weighted by Crippen LogP contribution is 2.20. The molecule has 5 nitrogen and oxygen atoms in total. The van der Waals surface area contributed by atoms with Crippen LogP contribution in [0.5, 0.6) is 5.75 Å². The second-order valence-electron chi connectivity index (χ2n) is 4.59. The molecule has 0 radical (unpaired) electrons. The summed E-state index contributed by atoms with van der Waals surface area (Å²) >= 11 is 0. The van der Waals surface area contributed by atoms with Gasteiger partial charge in [0.15, 0.2) is 17.4 Å². The largest absolute Gasteiger partial charge is 0.488 e. The topological polar surface area (TPSA) is 64.4 Å². The van der Waals surface area contributed by atoms with E-state index in [1.54, 1.807) is 26.8 Å². The fourth-order valence-electron chi connectivity index (χ4n) is 1.61. The number of halogens is 1. The molecule has 20 heavy (non-hydrogen) atoms. The van der Waals surface area contributed by atoms with Gasteiger partial charge >= 0.3 is 0 Å². The van der Waals surface area contributed by atoms with E-state index in [0.29, 0.717) is 5.76 Å². The number of aromatic nitrogens is 1. The van der Waals surface area contributed by atoms with Crippen molar-refractivity contribution < 1.29 is 18.4 Å². The highest BCUT2D eigenvalue weighted by molar-refractivity contribution is 6.03. The quantitative estimate of drug-likeness (QED) is 0.933. The van der Waals surface area contributed by atoms with Crippen LogP contribution in [-0.2, 0) is 0 Å². The zero-order chi connectivity index (χ0) is 14.7. The minimum atomic E-state index is -0.581. The zero-order valence-electron chi connectivity index (χ0n) is 11.4. The summed E-state index contributed by atoms with van der Waals surface area (Å²) in [7, 11) is 0. The molecule has 0 aliphatic carbocycles. The first-order chi connectivity index (χ1) is 9.45. The van der Waals surface area contributed by atoms with Crippen LogP contribution in [0.15, 0.2) is 28.8 Å². The lowest BCUT2D eigenvalue weighted by Crippen LogP contribution is -2.13. The summed E-state index contributed by atoms with van der Waals surface area (Å²) in [6.45, 7) is 5.31. The molecule has 2 aromatic rings. The van der Waals surface area contributed by atoms with Crippen LogP contribution in [0.2, 0.25) is 0 Å². The Morgan fingerprint density at radius 2 is 2.15 bits per heavy atom. The van der Waals surface area contributed by atoms with Crippen molar-refractivity contribution in [3.05, 3.63) is 41.4 Å². The van der Waals surface area contributed by atoms with Crippen LogP contribution in [0.25, 0.3) is 0 Å². The lowest BCUT2D eigenvalue weighted by Gasteiger charge is -2.11. The lowest BCUT2D eigenvalue weighted by atomic mass is 10.2. The van der Waals surface area contributed by atoms with Crippen LogP contribution in [0, 0.1) is 12.7 Å². The molecule has 0 saturated heterocycles. The number of carbonyl (C=O) groups is 1. The van der Waals surface area contributed by atoms with E-state index >= 15 is 0 Å². The van der Waals surface area contributed by atoms with Crippen molar-refractivity contribution in [2.24, 2.45) is 0 Å². The van der Waals surface area contributed by atoms with Gasteiger partial charge in [-0.05, 0) is 39.0 Å². The van der Waals surface area contributed by atoms with Crippen LogP contribution in [-0.4, -0.2) is 17.2 Å². The smallest absolute Gasteiger partial charge is 0.257 e.